The average Bonchev–Trinajstić information content (AvgIpc) is 3.22. The van der Waals surface area contributed by atoms with E-state index < -0.39 is 0 Å². The van der Waals surface area contributed by atoms with Gasteiger partial charge in [-0.2, -0.15) is 0 Å². The van der Waals surface area contributed by atoms with E-state index in [0.29, 0.717) is 5.70 Å². The van der Waals surface area contributed by atoms with Gasteiger partial charge in [0.25, 0.3) is 0 Å². The first-order valence-corrected chi connectivity index (χ1v) is 9.58. The van der Waals surface area contributed by atoms with Crippen molar-refractivity contribution in [1.29, 1.82) is 5.41 Å². The molecular formula is C23H24N4O. The second-order valence-electron chi connectivity index (χ2n) is 7.06. The monoisotopic (exact) mass is 372 g/mol. The van der Waals surface area contributed by atoms with Gasteiger partial charge in [0.2, 0.25) is 0 Å². The Bertz CT molecular complexity index is 1000. The predicted octanol–water partition coefficient (Wildman–Crippen LogP) is 4.57. The Morgan fingerprint density at radius 3 is 2.54 bits per heavy atom. The number of nitrogens with zero attached hydrogens (tertiary/aromatic N) is 2. The molecule has 0 amide bonds. The number of fused-ring (bicyclic) bond motifs is 1. The topological polar surface area (TPSA) is 75.2 Å². The van der Waals surface area contributed by atoms with Crippen LogP contribution in [0.1, 0.15) is 24.1 Å². The van der Waals surface area contributed by atoms with E-state index in [-0.39, 0.29) is 0 Å². The van der Waals surface area contributed by atoms with Gasteiger partial charge in [-0.25, -0.2) is 0 Å². The van der Waals surface area contributed by atoms with E-state index in [1.54, 1.807) is 6.08 Å². The second kappa shape index (κ2) is 8.23. The Labute approximate surface area is 165 Å². The molecule has 1 aliphatic heterocycles. The predicted molar refractivity (Wildman–Crippen MR) is 114 cm³/mol. The fraction of sp³-hybridized carbons (Fsp3) is 0.217. The molecule has 2 aromatic carbocycles. The fourth-order valence-corrected chi connectivity index (χ4v) is 3.50. The van der Waals surface area contributed by atoms with Gasteiger partial charge in [0.05, 0.1) is 11.2 Å². The molecule has 1 aliphatic rings. The van der Waals surface area contributed by atoms with Crippen LogP contribution in [-0.2, 0) is 6.54 Å². The number of pyridine rings is 1. The molecule has 4 rings (SSSR count). The minimum absolute atomic E-state index is 0.558. The van der Waals surface area contributed by atoms with Gasteiger partial charge in [0.15, 0.2) is 0 Å². The van der Waals surface area contributed by atoms with Gasteiger partial charge in [0, 0.05) is 23.8 Å². The number of ether oxygens (including phenoxy) is 1. The Morgan fingerprint density at radius 1 is 1.04 bits per heavy atom. The van der Waals surface area contributed by atoms with Crippen molar-refractivity contribution in [3.05, 3.63) is 71.9 Å². The lowest BCUT2D eigenvalue weighted by atomic mass is 10.1. The molecule has 5 nitrogen and oxygen atoms in total. The zero-order chi connectivity index (χ0) is 19.3. The van der Waals surface area contributed by atoms with Crippen LogP contribution in [0.4, 0.5) is 0 Å². The van der Waals surface area contributed by atoms with Crippen LogP contribution in [0.15, 0.2) is 60.7 Å². The van der Waals surface area contributed by atoms with Crippen LogP contribution in [-0.4, -0.2) is 29.2 Å². The Balaban J connectivity index is 1.48. The molecule has 0 aliphatic carbocycles. The molecule has 0 bridgehead atoms. The largest absolute Gasteiger partial charge is 0.457 e. The molecule has 2 heterocycles. The van der Waals surface area contributed by atoms with Crippen molar-refractivity contribution in [3.63, 3.8) is 0 Å². The summed E-state index contributed by atoms with van der Waals surface area (Å²) in [6.45, 7) is 3.28. The van der Waals surface area contributed by atoms with E-state index in [1.165, 1.54) is 32.1 Å². The van der Waals surface area contributed by atoms with E-state index in [4.69, 9.17) is 20.9 Å². The SMILES string of the molecule is N=C/C=C(\N)c1ccc(Oc2ccc3nc(CN4CCCC4)ccc3c2)cc1. The summed E-state index contributed by atoms with van der Waals surface area (Å²) in [4.78, 5) is 7.26. The van der Waals surface area contributed by atoms with Gasteiger partial charge in [0.1, 0.15) is 11.5 Å². The van der Waals surface area contributed by atoms with Crippen LogP contribution in [0, 0.1) is 5.41 Å². The maximum atomic E-state index is 7.09. The lowest BCUT2D eigenvalue weighted by Crippen LogP contribution is -2.19. The molecule has 0 atom stereocenters. The average molecular weight is 372 g/mol. The number of nitrogens with two attached hydrogens (primary N) is 1. The summed E-state index contributed by atoms with van der Waals surface area (Å²) in [7, 11) is 0. The van der Waals surface area contributed by atoms with Crippen LogP contribution in [0.5, 0.6) is 11.5 Å². The van der Waals surface area contributed by atoms with Gasteiger partial charge in [-0.1, -0.05) is 6.07 Å². The minimum Gasteiger partial charge on any atom is -0.457 e. The van der Waals surface area contributed by atoms with Crippen molar-refractivity contribution < 1.29 is 4.74 Å². The minimum atomic E-state index is 0.558. The van der Waals surface area contributed by atoms with Crippen molar-refractivity contribution in [2.75, 3.05) is 13.1 Å². The Kier molecular flexibility index (Phi) is 5.35. The van der Waals surface area contributed by atoms with Crippen molar-refractivity contribution in [2.24, 2.45) is 5.73 Å². The Hall–Kier alpha value is -3.18. The molecule has 1 saturated heterocycles. The van der Waals surface area contributed by atoms with E-state index in [9.17, 15) is 0 Å². The summed E-state index contributed by atoms with van der Waals surface area (Å²) in [5.41, 5.74) is 9.43. The quantitative estimate of drug-likeness (QED) is 0.622. The highest BCUT2D eigenvalue weighted by Gasteiger charge is 2.12. The van der Waals surface area contributed by atoms with Crippen LogP contribution < -0.4 is 10.5 Å². The standard InChI is InChI=1S/C23H24N4O/c24-12-11-22(25)17-4-7-20(8-5-17)28-21-9-10-23-18(15-21)3-6-19(26-23)16-27-13-1-2-14-27/h3-12,15,24H,1-2,13-14,16,25H2/b22-11-,24-12?. The molecule has 0 radical (unpaired) electrons. The van der Waals surface area contributed by atoms with E-state index in [0.717, 1.165) is 40.2 Å². The molecule has 28 heavy (non-hydrogen) atoms. The van der Waals surface area contributed by atoms with Crippen LogP contribution in [0.3, 0.4) is 0 Å². The zero-order valence-corrected chi connectivity index (χ0v) is 15.8. The molecule has 142 valence electrons. The number of nitrogens with one attached hydrogen (secondary N) is 1. The van der Waals surface area contributed by atoms with Gasteiger partial charge in [-0.15, -0.1) is 0 Å². The van der Waals surface area contributed by atoms with E-state index >= 15 is 0 Å². The summed E-state index contributed by atoms with van der Waals surface area (Å²) in [6.07, 6.45) is 5.32. The number of aromatic nitrogens is 1. The Morgan fingerprint density at radius 2 is 1.79 bits per heavy atom. The summed E-state index contributed by atoms with van der Waals surface area (Å²) >= 11 is 0. The first kappa shape index (κ1) is 18.2. The second-order valence-corrected chi connectivity index (χ2v) is 7.06. The van der Waals surface area contributed by atoms with E-state index in [1.807, 2.05) is 42.5 Å². The smallest absolute Gasteiger partial charge is 0.128 e. The van der Waals surface area contributed by atoms with Gasteiger partial charge >= 0.3 is 0 Å². The highest BCUT2D eigenvalue weighted by atomic mass is 16.5. The molecule has 3 aromatic rings. The number of allylic oxidation sites excluding steroid dienone is 1. The molecular weight excluding hydrogens is 348 g/mol. The number of benzene rings is 2. The van der Waals surface area contributed by atoms with Gasteiger partial charge in [-0.05, 0) is 86.1 Å². The molecule has 0 saturated carbocycles. The molecule has 0 spiro atoms. The van der Waals surface area contributed by atoms with Crippen molar-refractivity contribution in [3.8, 4) is 11.5 Å². The summed E-state index contributed by atoms with van der Waals surface area (Å²) in [5.74, 6) is 1.52. The molecule has 3 N–H and O–H groups in total. The molecule has 1 fully saturated rings. The summed E-state index contributed by atoms with van der Waals surface area (Å²) in [6, 6.07) is 17.7. The number of hydrogen-bond acceptors (Lipinski definition) is 5. The van der Waals surface area contributed by atoms with Crippen molar-refractivity contribution >= 4 is 22.8 Å². The van der Waals surface area contributed by atoms with E-state index in [2.05, 4.69) is 17.0 Å². The fourth-order valence-electron chi connectivity index (χ4n) is 3.50. The third kappa shape index (κ3) is 4.21. The van der Waals surface area contributed by atoms with Crippen LogP contribution >= 0.6 is 0 Å². The van der Waals surface area contributed by atoms with Crippen LogP contribution in [0.25, 0.3) is 16.6 Å². The normalized spacial score (nSPS) is 15.1. The molecule has 5 heteroatoms. The lowest BCUT2D eigenvalue weighted by molar-refractivity contribution is 0.327. The summed E-state index contributed by atoms with van der Waals surface area (Å²) in [5, 5.41) is 8.16. The maximum Gasteiger partial charge on any atom is 0.128 e. The van der Waals surface area contributed by atoms with Crippen LogP contribution in [0.2, 0.25) is 0 Å². The highest BCUT2D eigenvalue weighted by Crippen LogP contribution is 2.26. The molecule has 1 aromatic heterocycles. The molecule has 0 unspecified atom stereocenters. The van der Waals surface area contributed by atoms with Gasteiger partial charge in [-0.3, -0.25) is 9.88 Å². The first-order valence-electron chi connectivity index (χ1n) is 9.58. The number of hydrogen-bond donors (Lipinski definition) is 2. The first-order chi connectivity index (χ1) is 13.7. The van der Waals surface area contributed by atoms with Crippen molar-refractivity contribution in [1.82, 2.24) is 9.88 Å². The number of rotatable bonds is 6. The third-order valence-electron chi connectivity index (χ3n) is 4.99. The maximum absolute atomic E-state index is 7.09. The highest BCUT2D eigenvalue weighted by molar-refractivity contribution is 5.82. The number of likely N-dealkylation sites (tertiary alicyclic amines) is 1. The summed E-state index contributed by atoms with van der Waals surface area (Å²) < 4.78 is 5.98. The van der Waals surface area contributed by atoms with Crippen molar-refractivity contribution in [2.45, 2.75) is 19.4 Å². The lowest BCUT2D eigenvalue weighted by Gasteiger charge is -2.14. The zero-order valence-electron chi connectivity index (χ0n) is 15.8. The third-order valence-corrected chi connectivity index (χ3v) is 4.99. The van der Waals surface area contributed by atoms with Gasteiger partial charge < -0.3 is 15.9 Å².